The number of unbranched alkanes of at least 4 members (excludes halogenated alkanes) is 4. The maximum atomic E-state index is 11.6. The van der Waals surface area contributed by atoms with E-state index in [9.17, 15) is 4.79 Å². The SMILES string of the molecule is COCCOCCOCCOCCCC(=O)OCCCCCCCC(C)C. The van der Waals surface area contributed by atoms with Crippen LogP contribution >= 0.6 is 0 Å². The Kier molecular flexibility index (Phi) is 21.1. The molecule has 0 unspecified atom stereocenters. The Balaban J connectivity index is 3.15. The Hall–Kier alpha value is -0.690. The van der Waals surface area contributed by atoms with Gasteiger partial charge in [0.05, 0.1) is 46.2 Å². The van der Waals surface area contributed by atoms with Gasteiger partial charge in [-0.25, -0.2) is 0 Å². The van der Waals surface area contributed by atoms with Gasteiger partial charge in [-0.3, -0.25) is 4.79 Å². The Bertz CT molecular complexity index is 309. The van der Waals surface area contributed by atoms with Gasteiger partial charge in [0.25, 0.3) is 0 Å². The predicted octanol–water partition coefficient (Wildman–Crippen LogP) is 4.00. The zero-order valence-corrected chi connectivity index (χ0v) is 17.8. The number of hydrogen-bond acceptors (Lipinski definition) is 6. The van der Waals surface area contributed by atoms with Crippen LogP contribution in [0.15, 0.2) is 0 Å². The minimum atomic E-state index is -0.122. The Morgan fingerprint density at radius 1 is 0.667 bits per heavy atom. The molecule has 0 saturated heterocycles. The molecule has 0 amide bonds. The summed E-state index contributed by atoms with van der Waals surface area (Å²) in [5.74, 6) is 0.677. The van der Waals surface area contributed by atoms with Crippen molar-refractivity contribution >= 4 is 5.97 Å². The third-order valence-electron chi connectivity index (χ3n) is 4.03. The lowest BCUT2D eigenvalue weighted by atomic mass is 10.0. The first-order valence-electron chi connectivity index (χ1n) is 10.5. The monoisotopic (exact) mass is 390 g/mol. The summed E-state index contributed by atoms with van der Waals surface area (Å²) >= 11 is 0. The summed E-state index contributed by atoms with van der Waals surface area (Å²) in [6.45, 7) is 9.00. The lowest BCUT2D eigenvalue weighted by molar-refractivity contribution is -0.144. The molecule has 0 radical (unpaired) electrons. The molecule has 0 aliphatic carbocycles. The molecule has 0 atom stereocenters. The second-order valence-corrected chi connectivity index (χ2v) is 7.10. The van der Waals surface area contributed by atoms with E-state index in [-0.39, 0.29) is 5.97 Å². The van der Waals surface area contributed by atoms with Crippen LogP contribution in [0.2, 0.25) is 0 Å². The van der Waals surface area contributed by atoms with Crippen LogP contribution in [-0.4, -0.2) is 65.9 Å². The van der Waals surface area contributed by atoms with Gasteiger partial charge in [-0.05, 0) is 18.8 Å². The van der Waals surface area contributed by atoms with Crippen LogP contribution in [-0.2, 0) is 28.5 Å². The number of rotatable bonds is 21. The van der Waals surface area contributed by atoms with Crippen LogP contribution in [0.3, 0.4) is 0 Å². The lowest BCUT2D eigenvalue weighted by Crippen LogP contribution is -2.12. The van der Waals surface area contributed by atoms with Crippen molar-refractivity contribution in [2.24, 2.45) is 5.92 Å². The first-order chi connectivity index (χ1) is 13.2. The fourth-order valence-electron chi connectivity index (χ4n) is 2.45. The number of hydrogen-bond donors (Lipinski definition) is 0. The Morgan fingerprint density at radius 2 is 1.22 bits per heavy atom. The lowest BCUT2D eigenvalue weighted by Gasteiger charge is -2.07. The summed E-state index contributed by atoms with van der Waals surface area (Å²) < 4.78 is 26.2. The van der Waals surface area contributed by atoms with E-state index in [2.05, 4.69) is 13.8 Å². The predicted molar refractivity (Wildman–Crippen MR) is 107 cm³/mol. The fraction of sp³-hybridized carbons (Fsp3) is 0.952. The number of methoxy groups -OCH3 is 1. The molecule has 27 heavy (non-hydrogen) atoms. The van der Waals surface area contributed by atoms with Gasteiger partial charge in [-0.15, -0.1) is 0 Å². The molecule has 0 spiro atoms. The highest BCUT2D eigenvalue weighted by molar-refractivity contribution is 5.69. The smallest absolute Gasteiger partial charge is 0.305 e. The summed E-state index contributed by atoms with van der Waals surface area (Å²) in [6, 6.07) is 0. The van der Waals surface area contributed by atoms with Gasteiger partial charge in [-0.2, -0.15) is 0 Å². The van der Waals surface area contributed by atoms with Crippen LogP contribution in [0.1, 0.15) is 65.2 Å². The van der Waals surface area contributed by atoms with Crippen molar-refractivity contribution < 1.29 is 28.5 Å². The average Bonchev–Trinajstić information content (AvgIpc) is 2.64. The molecule has 6 heteroatoms. The number of carbonyl (C=O) groups is 1. The van der Waals surface area contributed by atoms with Crippen molar-refractivity contribution in [2.45, 2.75) is 65.2 Å². The third kappa shape index (κ3) is 23.3. The van der Waals surface area contributed by atoms with Gasteiger partial charge >= 0.3 is 5.97 Å². The van der Waals surface area contributed by atoms with E-state index in [0.717, 1.165) is 18.8 Å². The van der Waals surface area contributed by atoms with Gasteiger partial charge < -0.3 is 23.7 Å². The highest BCUT2D eigenvalue weighted by Crippen LogP contribution is 2.10. The van der Waals surface area contributed by atoms with Gasteiger partial charge in [0.1, 0.15) is 0 Å². The van der Waals surface area contributed by atoms with Crippen LogP contribution in [0, 0.1) is 5.92 Å². The molecular weight excluding hydrogens is 348 g/mol. The first kappa shape index (κ1) is 26.3. The molecule has 0 aliphatic rings. The van der Waals surface area contributed by atoms with Crippen molar-refractivity contribution in [1.29, 1.82) is 0 Å². The molecule has 0 aromatic rings. The molecule has 0 fully saturated rings. The van der Waals surface area contributed by atoms with Crippen LogP contribution < -0.4 is 0 Å². The first-order valence-corrected chi connectivity index (χ1v) is 10.5. The zero-order valence-electron chi connectivity index (χ0n) is 17.8. The van der Waals surface area contributed by atoms with E-state index in [0.29, 0.717) is 65.7 Å². The van der Waals surface area contributed by atoms with Gasteiger partial charge in [0.2, 0.25) is 0 Å². The molecule has 0 saturated carbocycles. The van der Waals surface area contributed by atoms with Crippen LogP contribution in [0.25, 0.3) is 0 Å². The fourth-order valence-corrected chi connectivity index (χ4v) is 2.45. The van der Waals surface area contributed by atoms with Gasteiger partial charge in [0, 0.05) is 20.1 Å². The quantitative estimate of drug-likeness (QED) is 0.218. The van der Waals surface area contributed by atoms with E-state index in [1.165, 1.54) is 25.7 Å². The molecule has 0 heterocycles. The van der Waals surface area contributed by atoms with E-state index in [1.54, 1.807) is 7.11 Å². The largest absolute Gasteiger partial charge is 0.466 e. The standard InChI is InChI=1S/C21H42O6/c1-20(2)10-7-5-4-6-8-13-27-21(22)11-9-12-24-16-17-26-19-18-25-15-14-23-3/h20H,4-19H2,1-3H3. The number of ether oxygens (including phenoxy) is 5. The van der Waals surface area contributed by atoms with E-state index < -0.39 is 0 Å². The second-order valence-electron chi connectivity index (χ2n) is 7.10. The molecule has 0 N–H and O–H groups in total. The van der Waals surface area contributed by atoms with Crippen molar-refractivity contribution in [3.8, 4) is 0 Å². The van der Waals surface area contributed by atoms with E-state index in [1.807, 2.05) is 0 Å². The molecular formula is C21H42O6. The molecule has 0 aromatic heterocycles. The minimum Gasteiger partial charge on any atom is -0.466 e. The van der Waals surface area contributed by atoms with E-state index in [4.69, 9.17) is 23.7 Å². The minimum absolute atomic E-state index is 0.122. The summed E-state index contributed by atoms with van der Waals surface area (Å²) in [7, 11) is 1.65. The molecule has 0 rings (SSSR count). The number of carbonyl (C=O) groups excluding carboxylic acids is 1. The number of esters is 1. The Labute approximate surface area is 166 Å². The molecule has 6 nitrogen and oxygen atoms in total. The van der Waals surface area contributed by atoms with Crippen molar-refractivity contribution in [1.82, 2.24) is 0 Å². The van der Waals surface area contributed by atoms with E-state index >= 15 is 0 Å². The third-order valence-corrected chi connectivity index (χ3v) is 4.03. The normalized spacial score (nSPS) is 11.3. The second kappa shape index (κ2) is 21.6. The highest BCUT2D eigenvalue weighted by Gasteiger charge is 2.02. The van der Waals surface area contributed by atoms with Gasteiger partial charge in [0.15, 0.2) is 0 Å². The Morgan fingerprint density at radius 3 is 1.85 bits per heavy atom. The topological polar surface area (TPSA) is 63.2 Å². The van der Waals surface area contributed by atoms with Crippen molar-refractivity contribution in [2.75, 3.05) is 60.0 Å². The van der Waals surface area contributed by atoms with Crippen molar-refractivity contribution in [3.05, 3.63) is 0 Å². The zero-order chi connectivity index (χ0) is 20.0. The van der Waals surface area contributed by atoms with Crippen molar-refractivity contribution in [3.63, 3.8) is 0 Å². The molecule has 0 aromatic carbocycles. The maximum absolute atomic E-state index is 11.6. The molecule has 0 aliphatic heterocycles. The van der Waals surface area contributed by atoms with Crippen LogP contribution in [0.4, 0.5) is 0 Å². The highest BCUT2D eigenvalue weighted by atomic mass is 16.6. The summed E-state index contributed by atoms with van der Waals surface area (Å²) in [5, 5.41) is 0. The average molecular weight is 391 g/mol. The summed E-state index contributed by atoms with van der Waals surface area (Å²) in [4.78, 5) is 11.6. The summed E-state index contributed by atoms with van der Waals surface area (Å²) in [5.41, 5.74) is 0. The van der Waals surface area contributed by atoms with Crippen LogP contribution in [0.5, 0.6) is 0 Å². The maximum Gasteiger partial charge on any atom is 0.305 e. The molecule has 162 valence electrons. The molecule has 0 bridgehead atoms. The summed E-state index contributed by atoms with van der Waals surface area (Å²) in [6.07, 6.45) is 8.36. The van der Waals surface area contributed by atoms with Gasteiger partial charge in [-0.1, -0.05) is 46.0 Å².